The first-order chi connectivity index (χ1) is 13.5. The van der Waals surface area contributed by atoms with Gasteiger partial charge in [0, 0.05) is 39.3 Å². The third-order valence-electron chi connectivity index (χ3n) is 3.19. The van der Waals surface area contributed by atoms with E-state index in [1.54, 1.807) is 4.90 Å². The fraction of sp³-hybridized carbons (Fsp3) is 0.769. The van der Waals surface area contributed by atoms with Crippen molar-refractivity contribution in [3.05, 3.63) is 0 Å². The predicted octanol–water partition coefficient (Wildman–Crippen LogP) is -3.42. The maximum Gasteiger partial charge on any atom is 0.232 e. The molecule has 168 valence electrons. The van der Waals surface area contributed by atoms with Crippen LogP contribution in [0.25, 0.3) is 0 Å². The number of sulfonamides is 2. The second-order valence-electron chi connectivity index (χ2n) is 5.90. The smallest absolute Gasteiger partial charge is 0.232 e. The predicted molar refractivity (Wildman–Crippen MR) is 109 cm³/mol. The molecule has 0 aliphatic heterocycles. The highest BCUT2D eigenvalue weighted by atomic mass is 32.2. The largest absolute Gasteiger partial charge is 0.395 e. The molecule has 0 saturated heterocycles. The Hall–Kier alpha value is -1.85. The van der Waals surface area contributed by atoms with Gasteiger partial charge in [-0.2, -0.15) is 15.0 Å². The minimum atomic E-state index is -3.33. The third kappa shape index (κ3) is 11.7. The zero-order valence-electron chi connectivity index (χ0n) is 16.3. The molecule has 0 amide bonds. The molecule has 0 fully saturated rings. The van der Waals surface area contributed by atoms with Gasteiger partial charge in [-0.25, -0.2) is 26.3 Å². The molecule has 0 spiro atoms. The normalized spacial score (nSPS) is 12.0. The lowest BCUT2D eigenvalue weighted by molar-refractivity contribution is 0.280. The Morgan fingerprint density at radius 2 is 1.17 bits per heavy atom. The van der Waals surface area contributed by atoms with Crippen LogP contribution in [0, 0.1) is 0 Å². The zero-order valence-corrected chi connectivity index (χ0v) is 17.9. The molecule has 0 atom stereocenters. The maximum absolute atomic E-state index is 11.1. The van der Waals surface area contributed by atoms with Gasteiger partial charge in [0.1, 0.15) is 0 Å². The van der Waals surface area contributed by atoms with E-state index in [1.165, 1.54) is 0 Å². The van der Waals surface area contributed by atoms with E-state index in [-0.39, 0.29) is 70.3 Å². The van der Waals surface area contributed by atoms with Crippen molar-refractivity contribution in [3.63, 3.8) is 0 Å². The van der Waals surface area contributed by atoms with Crippen molar-refractivity contribution in [1.29, 1.82) is 0 Å². The highest BCUT2D eigenvalue weighted by Gasteiger charge is 2.13. The molecule has 0 aromatic carbocycles. The molecule has 1 aromatic heterocycles. The molecule has 0 radical (unpaired) electrons. The molecular weight excluding hydrogens is 428 g/mol. The lowest BCUT2D eigenvalue weighted by atomic mass is 10.5. The molecule has 1 heterocycles. The van der Waals surface area contributed by atoms with Crippen molar-refractivity contribution in [2.24, 2.45) is 0 Å². The van der Waals surface area contributed by atoms with Gasteiger partial charge in [0.25, 0.3) is 0 Å². The maximum atomic E-state index is 11.1. The lowest BCUT2D eigenvalue weighted by Gasteiger charge is -2.21. The summed E-state index contributed by atoms with van der Waals surface area (Å²) in [5.41, 5.74) is 0. The molecule has 29 heavy (non-hydrogen) atoms. The van der Waals surface area contributed by atoms with Crippen LogP contribution in [-0.4, -0.2) is 107 Å². The van der Waals surface area contributed by atoms with Gasteiger partial charge < -0.3 is 25.7 Å². The first-order valence-corrected chi connectivity index (χ1v) is 12.4. The van der Waals surface area contributed by atoms with E-state index < -0.39 is 20.0 Å². The van der Waals surface area contributed by atoms with E-state index in [0.29, 0.717) is 0 Å². The molecular formula is C13H28N8O6S2. The average Bonchev–Trinajstić information content (AvgIpc) is 2.60. The summed E-state index contributed by atoms with van der Waals surface area (Å²) in [5.74, 6) is 0.467. The molecule has 1 rings (SSSR count). The van der Waals surface area contributed by atoms with Crippen LogP contribution in [0.3, 0.4) is 0 Å². The van der Waals surface area contributed by atoms with Crippen LogP contribution < -0.4 is 25.0 Å². The fourth-order valence-corrected chi connectivity index (χ4v) is 2.98. The Bertz CT molecular complexity index is 771. The van der Waals surface area contributed by atoms with Crippen LogP contribution in [0.5, 0.6) is 0 Å². The van der Waals surface area contributed by atoms with Crippen molar-refractivity contribution in [2.75, 3.05) is 80.5 Å². The van der Waals surface area contributed by atoms with E-state index in [2.05, 4.69) is 35.0 Å². The van der Waals surface area contributed by atoms with Gasteiger partial charge in [0.2, 0.25) is 37.9 Å². The second kappa shape index (κ2) is 12.0. The third-order valence-corrected chi connectivity index (χ3v) is 4.65. The Labute approximate surface area is 170 Å². The molecule has 0 unspecified atom stereocenters. The van der Waals surface area contributed by atoms with E-state index in [1.807, 2.05) is 0 Å². The number of hydrogen-bond donors (Lipinski definition) is 6. The second-order valence-corrected chi connectivity index (χ2v) is 9.57. The highest BCUT2D eigenvalue weighted by Crippen LogP contribution is 2.13. The number of rotatable bonds is 15. The highest BCUT2D eigenvalue weighted by molar-refractivity contribution is 7.89. The summed E-state index contributed by atoms with van der Waals surface area (Å²) >= 11 is 0. The van der Waals surface area contributed by atoms with Gasteiger partial charge in [-0.15, -0.1) is 0 Å². The SMILES string of the molecule is CS(=O)(=O)NCCNc1nc(NCCNS(C)(=O)=O)nc(N(CCO)CCO)n1. The van der Waals surface area contributed by atoms with Gasteiger partial charge in [-0.05, 0) is 0 Å². The molecule has 0 aliphatic rings. The van der Waals surface area contributed by atoms with Crippen LogP contribution in [0.1, 0.15) is 0 Å². The summed E-state index contributed by atoms with van der Waals surface area (Å²) < 4.78 is 49.1. The summed E-state index contributed by atoms with van der Waals surface area (Å²) in [6.45, 7) is 0.595. The zero-order chi connectivity index (χ0) is 21.9. The minimum Gasteiger partial charge on any atom is -0.395 e. The van der Waals surface area contributed by atoms with Crippen molar-refractivity contribution in [2.45, 2.75) is 0 Å². The van der Waals surface area contributed by atoms with Gasteiger partial charge >= 0.3 is 0 Å². The Morgan fingerprint density at radius 3 is 1.52 bits per heavy atom. The topological polar surface area (TPSA) is 199 Å². The van der Waals surface area contributed by atoms with Crippen molar-refractivity contribution < 1.29 is 27.0 Å². The summed E-state index contributed by atoms with van der Waals surface area (Å²) in [6.07, 6.45) is 2.09. The molecule has 6 N–H and O–H groups in total. The Kier molecular flexibility index (Phi) is 10.4. The quantitative estimate of drug-likeness (QED) is 0.143. The van der Waals surface area contributed by atoms with E-state index >= 15 is 0 Å². The number of aliphatic hydroxyl groups is 2. The number of aliphatic hydroxyl groups excluding tert-OH is 2. The van der Waals surface area contributed by atoms with Crippen molar-refractivity contribution in [1.82, 2.24) is 24.4 Å². The van der Waals surface area contributed by atoms with Crippen LogP contribution in [0.4, 0.5) is 17.8 Å². The van der Waals surface area contributed by atoms with Crippen LogP contribution in [0.15, 0.2) is 0 Å². The van der Waals surface area contributed by atoms with E-state index in [9.17, 15) is 27.0 Å². The van der Waals surface area contributed by atoms with Gasteiger partial charge in [0.05, 0.1) is 25.7 Å². The number of nitrogens with zero attached hydrogens (tertiary/aromatic N) is 4. The van der Waals surface area contributed by atoms with Gasteiger partial charge in [-0.1, -0.05) is 0 Å². The molecule has 14 nitrogen and oxygen atoms in total. The average molecular weight is 457 g/mol. The van der Waals surface area contributed by atoms with Crippen LogP contribution in [0.2, 0.25) is 0 Å². The van der Waals surface area contributed by atoms with Gasteiger partial charge in [-0.3, -0.25) is 0 Å². The summed E-state index contributed by atoms with van der Waals surface area (Å²) in [7, 11) is -6.65. The van der Waals surface area contributed by atoms with Crippen molar-refractivity contribution >= 4 is 37.9 Å². The molecule has 16 heteroatoms. The molecule has 0 aliphatic carbocycles. The van der Waals surface area contributed by atoms with E-state index in [0.717, 1.165) is 12.5 Å². The summed E-state index contributed by atoms with van der Waals surface area (Å²) in [6, 6.07) is 0. The van der Waals surface area contributed by atoms with Crippen LogP contribution >= 0.6 is 0 Å². The van der Waals surface area contributed by atoms with E-state index in [4.69, 9.17) is 0 Å². The molecule has 1 aromatic rings. The number of hydrogen-bond acceptors (Lipinski definition) is 12. The Balaban J connectivity index is 2.89. The standard InChI is InChI=1S/C13H28N8O6S2/c1-28(24,25)16-5-3-14-11-18-12(15-4-6-17-29(2,26)27)20-13(19-11)21(7-9-22)8-10-23/h16-17,22-23H,3-10H2,1-2H3,(H2,14,15,18,19,20). The molecule has 0 saturated carbocycles. The number of nitrogens with one attached hydrogen (secondary N) is 4. The number of anilines is 3. The number of aromatic nitrogens is 3. The molecule has 0 bridgehead atoms. The first kappa shape index (κ1) is 25.2. The first-order valence-electron chi connectivity index (χ1n) is 8.64. The van der Waals surface area contributed by atoms with Crippen LogP contribution in [-0.2, 0) is 20.0 Å². The minimum absolute atomic E-state index is 0.109. The van der Waals surface area contributed by atoms with Crippen molar-refractivity contribution in [3.8, 4) is 0 Å². The lowest BCUT2D eigenvalue weighted by Crippen LogP contribution is -2.33. The summed E-state index contributed by atoms with van der Waals surface area (Å²) in [5, 5.41) is 24.1. The summed E-state index contributed by atoms with van der Waals surface area (Å²) in [4.78, 5) is 14.1. The van der Waals surface area contributed by atoms with Gasteiger partial charge in [0.15, 0.2) is 0 Å². The fourth-order valence-electron chi connectivity index (χ4n) is 2.04. The monoisotopic (exact) mass is 456 g/mol. The Morgan fingerprint density at radius 1 is 0.759 bits per heavy atom.